The largest absolute Gasteiger partial charge is 0.338 e. The number of carbonyl (C=O) groups is 1. The van der Waals surface area contributed by atoms with E-state index in [4.69, 9.17) is 4.98 Å². The first-order chi connectivity index (χ1) is 13.6. The maximum atomic E-state index is 13.2. The van der Waals surface area contributed by atoms with Gasteiger partial charge >= 0.3 is 0 Å². The van der Waals surface area contributed by atoms with Crippen LogP contribution in [0.1, 0.15) is 45.6 Å². The third kappa shape index (κ3) is 2.76. The van der Waals surface area contributed by atoms with Gasteiger partial charge in [0.2, 0.25) is 0 Å². The van der Waals surface area contributed by atoms with E-state index in [-0.39, 0.29) is 5.91 Å². The number of rotatable bonds is 2. The van der Waals surface area contributed by atoms with Crippen LogP contribution in [0.4, 0.5) is 0 Å². The molecule has 1 amide bonds. The standard InChI is InChI=1S/C20H21N7O/c1-12-21-9-15-6-7-16-10-26(11-18(16)19(15)22-12)20(28)14-4-3-5-17(8-14)27-13(2)23-24-25-27/h3-5,8-9,16,18H,6-7,10-11H2,1-2H3/t16-,18+/m1/s1. The molecule has 5 rings (SSSR count). The predicted octanol–water partition coefficient (Wildman–Crippen LogP) is 1.87. The number of hydrogen-bond acceptors (Lipinski definition) is 6. The second-order valence-electron chi connectivity index (χ2n) is 7.63. The lowest BCUT2D eigenvalue weighted by Gasteiger charge is -2.25. The summed E-state index contributed by atoms with van der Waals surface area (Å²) in [6.07, 6.45) is 4.03. The summed E-state index contributed by atoms with van der Waals surface area (Å²) in [4.78, 5) is 24.2. The molecule has 1 aromatic carbocycles. The number of aromatic nitrogens is 6. The van der Waals surface area contributed by atoms with Crippen molar-refractivity contribution in [1.29, 1.82) is 0 Å². The van der Waals surface area contributed by atoms with E-state index < -0.39 is 0 Å². The monoisotopic (exact) mass is 375 g/mol. The van der Waals surface area contributed by atoms with Gasteiger partial charge in [0.25, 0.3) is 5.91 Å². The minimum absolute atomic E-state index is 0.0503. The summed E-state index contributed by atoms with van der Waals surface area (Å²) in [7, 11) is 0. The fourth-order valence-electron chi connectivity index (χ4n) is 4.43. The molecule has 28 heavy (non-hydrogen) atoms. The van der Waals surface area contributed by atoms with Crippen LogP contribution in [0.2, 0.25) is 0 Å². The summed E-state index contributed by atoms with van der Waals surface area (Å²) in [5.41, 5.74) is 3.82. The number of carbonyl (C=O) groups excluding carboxylic acids is 1. The Morgan fingerprint density at radius 2 is 2.11 bits per heavy atom. The van der Waals surface area contributed by atoms with Gasteiger partial charge in [-0.1, -0.05) is 6.07 Å². The van der Waals surface area contributed by atoms with Gasteiger partial charge < -0.3 is 4.90 Å². The normalized spacial score (nSPS) is 20.7. The Bertz CT molecular complexity index is 1060. The van der Waals surface area contributed by atoms with E-state index in [0.29, 0.717) is 29.8 Å². The first-order valence-corrected chi connectivity index (χ1v) is 9.57. The summed E-state index contributed by atoms with van der Waals surface area (Å²) in [6.45, 7) is 5.25. The Morgan fingerprint density at radius 1 is 1.21 bits per heavy atom. The molecule has 0 spiro atoms. The fraction of sp³-hybridized carbons (Fsp3) is 0.400. The third-order valence-corrected chi connectivity index (χ3v) is 5.85. The average Bonchev–Trinajstić information content (AvgIpc) is 3.33. The topological polar surface area (TPSA) is 89.7 Å². The summed E-state index contributed by atoms with van der Waals surface area (Å²) < 4.78 is 1.64. The molecule has 0 radical (unpaired) electrons. The van der Waals surface area contributed by atoms with Crippen molar-refractivity contribution in [1.82, 2.24) is 35.1 Å². The van der Waals surface area contributed by atoms with Gasteiger partial charge in [-0.05, 0) is 66.8 Å². The number of fused-ring (bicyclic) bond motifs is 3. The molecular weight excluding hydrogens is 354 g/mol. The molecule has 3 heterocycles. The maximum Gasteiger partial charge on any atom is 0.253 e. The SMILES string of the molecule is Cc1ncc2c(n1)[C@H]1CN(C(=O)c3cccc(-n4nnnc4C)c3)C[C@H]1CC2. The van der Waals surface area contributed by atoms with Crippen molar-refractivity contribution in [2.24, 2.45) is 5.92 Å². The number of nitrogens with zero attached hydrogens (tertiary/aromatic N) is 7. The van der Waals surface area contributed by atoms with Crippen molar-refractivity contribution < 1.29 is 4.79 Å². The molecule has 8 heteroatoms. The zero-order chi connectivity index (χ0) is 19.3. The molecule has 1 saturated heterocycles. The highest BCUT2D eigenvalue weighted by Gasteiger charge is 2.40. The zero-order valence-corrected chi connectivity index (χ0v) is 15.9. The van der Waals surface area contributed by atoms with Crippen molar-refractivity contribution in [3.05, 3.63) is 58.9 Å². The summed E-state index contributed by atoms with van der Waals surface area (Å²) >= 11 is 0. The van der Waals surface area contributed by atoms with E-state index in [1.54, 1.807) is 4.68 Å². The fourth-order valence-corrected chi connectivity index (χ4v) is 4.43. The summed E-state index contributed by atoms with van der Waals surface area (Å²) in [5, 5.41) is 11.6. The average molecular weight is 375 g/mol. The third-order valence-electron chi connectivity index (χ3n) is 5.85. The Kier molecular flexibility index (Phi) is 3.92. The van der Waals surface area contributed by atoms with E-state index in [1.807, 2.05) is 49.2 Å². The molecule has 0 bridgehead atoms. The van der Waals surface area contributed by atoms with Crippen molar-refractivity contribution >= 4 is 5.91 Å². The molecule has 2 atom stereocenters. The molecular formula is C20H21N7O. The van der Waals surface area contributed by atoms with Crippen molar-refractivity contribution in [3.63, 3.8) is 0 Å². The highest BCUT2D eigenvalue weighted by atomic mass is 16.2. The molecule has 2 aliphatic rings. The summed E-state index contributed by atoms with van der Waals surface area (Å²) in [5.74, 6) is 2.31. The van der Waals surface area contributed by atoms with E-state index in [0.717, 1.165) is 36.6 Å². The Hall–Kier alpha value is -3.16. The molecule has 0 unspecified atom stereocenters. The van der Waals surface area contributed by atoms with Crippen molar-refractivity contribution in [2.45, 2.75) is 32.6 Å². The van der Waals surface area contributed by atoms with Crippen LogP contribution in [0, 0.1) is 19.8 Å². The van der Waals surface area contributed by atoms with Crippen LogP contribution >= 0.6 is 0 Å². The molecule has 142 valence electrons. The number of amides is 1. The van der Waals surface area contributed by atoms with Gasteiger partial charge in [-0.2, -0.15) is 4.68 Å². The van der Waals surface area contributed by atoms with Gasteiger partial charge in [0.1, 0.15) is 5.82 Å². The molecule has 0 saturated carbocycles. The lowest BCUT2D eigenvalue weighted by molar-refractivity contribution is 0.0785. The number of hydrogen-bond donors (Lipinski definition) is 0. The van der Waals surface area contributed by atoms with Crippen LogP contribution in [-0.2, 0) is 6.42 Å². The lowest BCUT2D eigenvalue weighted by atomic mass is 9.80. The van der Waals surface area contributed by atoms with Crippen LogP contribution < -0.4 is 0 Å². The lowest BCUT2D eigenvalue weighted by Crippen LogP contribution is -2.29. The first kappa shape index (κ1) is 17.0. The van der Waals surface area contributed by atoms with Crippen LogP contribution in [0.5, 0.6) is 0 Å². The second-order valence-corrected chi connectivity index (χ2v) is 7.63. The highest BCUT2D eigenvalue weighted by Crippen LogP contribution is 2.40. The van der Waals surface area contributed by atoms with Gasteiger partial charge in [0.15, 0.2) is 5.82 Å². The minimum Gasteiger partial charge on any atom is -0.338 e. The van der Waals surface area contributed by atoms with E-state index in [2.05, 4.69) is 20.5 Å². The summed E-state index contributed by atoms with van der Waals surface area (Å²) in [6, 6.07) is 7.49. The van der Waals surface area contributed by atoms with Crippen molar-refractivity contribution in [3.8, 4) is 5.69 Å². The van der Waals surface area contributed by atoms with Gasteiger partial charge in [-0.25, -0.2) is 9.97 Å². The molecule has 1 aliphatic heterocycles. The van der Waals surface area contributed by atoms with Gasteiger partial charge in [-0.15, -0.1) is 5.10 Å². The van der Waals surface area contributed by atoms with E-state index in [1.165, 1.54) is 5.56 Å². The van der Waals surface area contributed by atoms with Crippen LogP contribution in [0.3, 0.4) is 0 Å². The van der Waals surface area contributed by atoms with Crippen LogP contribution in [0.25, 0.3) is 5.69 Å². The molecule has 3 aromatic rings. The maximum absolute atomic E-state index is 13.2. The van der Waals surface area contributed by atoms with Crippen molar-refractivity contribution in [2.75, 3.05) is 13.1 Å². The van der Waals surface area contributed by atoms with Gasteiger partial charge in [0.05, 0.1) is 11.4 Å². The number of likely N-dealkylation sites (tertiary alicyclic amines) is 1. The Labute approximate surface area is 162 Å². The number of tetrazole rings is 1. The quantitative estimate of drug-likeness (QED) is 0.679. The molecule has 1 fully saturated rings. The van der Waals surface area contributed by atoms with Gasteiger partial charge in [-0.3, -0.25) is 4.79 Å². The Morgan fingerprint density at radius 3 is 2.93 bits per heavy atom. The predicted molar refractivity (Wildman–Crippen MR) is 101 cm³/mol. The van der Waals surface area contributed by atoms with E-state index >= 15 is 0 Å². The first-order valence-electron chi connectivity index (χ1n) is 9.57. The van der Waals surface area contributed by atoms with Gasteiger partial charge in [0, 0.05) is 30.8 Å². The zero-order valence-electron chi connectivity index (χ0n) is 15.9. The Balaban J connectivity index is 1.41. The van der Waals surface area contributed by atoms with E-state index in [9.17, 15) is 4.79 Å². The molecule has 2 aromatic heterocycles. The molecule has 1 aliphatic carbocycles. The van der Waals surface area contributed by atoms with Crippen LogP contribution in [0.15, 0.2) is 30.5 Å². The smallest absolute Gasteiger partial charge is 0.253 e. The minimum atomic E-state index is 0.0503. The van der Waals surface area contributed by atoms with Crippen LogP contribution in [-0.4, -0.2) is 54.1 Å². The number of benzene rings is 1. The second kappa shape index (κ2) is 6.47. The molecule has 0 N–H and O–H groups in total. The highest BCUT2D eigenvalue weighted by molar-refractivity contribution is 5.95. The molecule has 8 nitrogen and oxygen atoms in total. The number of aryl methyl sites for hydroxylation is 3.